The van der Waals surface area contributed by atoms with Crippen LogP contribution in [-0.2, 0) is 6.18 Å². The summed E-state index contributed by atoms with van der Waals surface area (Å²) in [6.45, 7) is 0.187. The van der Waals surface area contributed by atoms with Gasteiger partial charge >= 0.3 is 6.18 Å². The molecule has 0 spiro atoms. The van der Waals surface area contributed by atoms with Crippen molar-refractivity contribution >= 4 is 17.4 Å². The van der Waals surface area contributed by atoms with E-state index in [0.717, 1.165) is 11.0 Å². The van der Waals surface area contributed by atoms with Crippen LogP contribution >= 0.6 is 11.8 Å². The van der Waals surface area contributed by atoms with Crippen LogP contribution in [0, 0.1) is 0 Å². The number of halogens is 3. The number of hydrogen-bond donors (Lipinski definition) is 1. The number of thioether (sulfide) groups is 1. The molecule has 6 heteroatoms. The summed E-state index contributed by atoms with van der Waals surface area (Å²) < 4.78 is 43.8. The minimum Gasteiger partial charge on any atom is -0.492 e. The highest BCUT2D eigenvalue weighted by atomic mass is 32.2. The molecule has 0 aliphatic heterocycles. The average molecular weight is 313 g/mol. The van der Waals surface area contributed by atoms with E-state index in [9.17, 15) is 13.2 Å². The Morgan fingerprint density at radius 2 is 1.76 bits per heavy atom. The number of benzene rings is 2. The van der Waals surface area contributed by atoms with Gasteiger partial charge in [0.25, 0.3) is 0 Å². The lowest BCUT2D eigenvalue weighted by atomic mass is 10.1. The Morgan fingerprint density at radius 3 is 2.43 bits per heavy atom. The molecule has 2 aromatic rings. The lowest BCUT2D eigenvalue weighted by Gasteiger charge is -2.14. The van der Waals surface area contributed by atoms with Crippen LogP contribution in [-0.4, -0.2) is 12.4 Å². The summed E-state index contributed by atoms with van der Waals surface area (Å²) in [5.41, 5.74) is 4.62. The van der Waals surface area contributed by atoms with E-state index >= 15 is 0 Å². The molecule has 0 saturated heterocycles. The number of ether oxygens (including phenoxy) is 1. The van der Waals surface area contributed by atoms with E-state index in [-0.39, 0.29) is 18.0 Å². The van der Waals surface area contributed by atoms with Gasteiger partial charge in [-0.05, 0) is 30.3 Å². The van der Waals surface area contributed by atoms with E-state index in [0.29, 0.717) is 5.75 Å². The second kappa shape index (κ2) is 6.76. The third-order valence-electron chi connectivity index (χ3n) is 2.66. The van der Waals surface area contributed by atoms with Gasteiger partial charge in [0.05, 0.1) is 12.2 Å². The third kappa shape index (κ3) is 4.60. The maximum atomic E-state index is 12.9. The average Bonchev–Trinajstić information content (AvgIpc) is 2.45. The van der Waals surface area contributed by atoms with E-state index in [1.165, 1.54) is 23.9 Å². The molecule has 0 atom stereocenters. The minimum atomic E-state index is -4.47. The summed E-state index contributed by atoms with van der Waals surface area (Å²) in [5, 5.41) is 0. The van der Waals surface area contributed by atoms with Crippen molar-refractivity contribution in [3.63, 3.8) is 0 Å². The van der Waals surface area contributed by atoms with Gasteiger partial charge in [0.15, 0.2) is 0 Å². The van der Waals surface area contributed by atoms with E-state index in [2.05, 4.69) is 0 Å². The van der Waals surface area contributed by atoms with Crippen LogP contribution in [0.15, 0.2) is 53.4 Å². The zero-order valence-corrected chi connectivity index (χ0v) is 11.9. The van der Waals surface area contributed by atoms with Crippen LogP contribution in [0.3, 0.4) is 0 Å². The molecule has 21 heavy (non-hydrogen) atoms. The fraction of sp³-hybridized carbons (Fsp3) is 0.200. The molecule has 0 fully saturated rings. The Kier molecular flexibility index (Phi) is 5.01. The van der Waals surface area contributed by atoms with Gasteiger partial charge in [0.1, 0.15) is 5.75 Å². The summed E-state index contributed by atoms with van der Waals surface area (Å²) in [6, 6.07) is 13.1. The highest BCUT2D eigenvalue weighted by Gasteiger charge is 2.34. The van der Waals surface area contributed by atoms with E-state index in [4.69, 9.17) is 10.5 Å². The lowest BCUT2D eigenvalue weighted by molar-refractivity contribution is -0.138. The number of rotatable bonds is 5. The van der Waals surface area contributed by atoms with Crippen LogP contribution in [0.4, 0.5) is 18.9 Å². The number of nitrogens with two attached hydrogens (primary N) is 1. The molecule has 2 rings (SSSR count). The number of nitrogen functional groups attached to an aromatic ring is 1. The summed E-state index contributed by atoms with van der Waals surface area (Å²) in [7, 11) is 0. The molecule has 2 nitrogen and oxygen atoms in total. The predicted molar refractivity (Wildman–Crippen MR) is 78.5 cm³/mol. The smallest absolute Gasteiger partial charge is 0.420 e. The first-order valence-electron chi connectivity index (χ1n) is 6.24. The summed E-state index contributed by atoms with van der Waals surface area (Å²) in [6.07, 6.45) is -4.47. The normalized spacial score (nSPS) is 11.4. The van der Waals surface area contributed by atoms with Crippen LogP contribution in [0.25, 0.3) is 0 Å². The van der Waals surface area contributed by atoms with Crippen molar-refractivity contribution in [3.05, 3.63) is 54.1 Å². The van der Waals surface area contributed by atoms with Gasteiger partial charge in [0, 0.05) is 16.3 Å². The fourth-order valence-electron chi connectivity index (χ4n) is 1.72. The van der Waals surface area contributed by atoms with E-state index in [1.807, 2.05) is 30.3 Å². The first-order chi connectivity index (χ1) is 9.97. The van der Waals surface area contributed by atoms with Crippen LogP contribution in [0.1, 0.15) is 5.56 Å². The first kappa shape index (κ1) is 15.6. The molecule has 0 unspecified atom stereocenters. The standard InChI is InChI=1S/C15H14F3NOS/c16-15(17,18)13-10-11(19)6-7-14(13)20-8-9-21-12-4-2-1-3-5-12/h1-7,10H,8-9,19H2. The van der Waals surface area contributed by atoms with Crippen LogP contribution in [0.5, 0.6) is 5.75 Å². The first-order valence-corrected chi connectivity index (χ1v) is 7.23. The molecule has 0 radical (unpaired) electrons. The van der Waals surface area contributed by atoms with Gasteiger partial charge in [-0.1, -0.05) is 18.2 Å². The maximum Gasteiger partial charge on any atom is 0.420 e. The molecule has 2 N–H and O–H groups in total. The molecule has 0 bridgehead atoms. The Balaban J connectivity index is 1.94. The Morgan fingerprint density at radius 1 is 1.05 bits per heavy atom. The summed E-state index contributed by atoms with van der Waals surface area (Å²) >= 11 is 1.53. The van der Waals surface area contributed by atoms with E-state index in [1.54, 1.807) is 0 Å². The summed E-state index contributed by atoms with van der Waals surface area (Å²) in [5.74, 6) is 0.372. The van der Waals surface area contributed by atoms with Gasteiger partial charge in [-0.3, -0.25) is 0 Å². The second-order valence-corrected chi connectivity index (χ2v) is 5.43. The number of hydrogen-bond acceptors (Lipinski definition) is 3. The third-order valence-corrected chi connectivity index (χ3v) is 3.64. The maximum absolute atomic E-state index is 12.9. The summed E-state index contributed by atoms with van der Waals surface area (Å²) in [4.78, 5) is 1.05. The molecular formula is C15H14F3NOS. The molecule has 0 saturated carbocycles. The highest BCUT2D eigenvalue weighted by molar-refractivity contribution is 7.99. The van der Waals surface area contributed by atoms with Gasteiger partial charge in [-0.25, -0.2) is 0 Å². The molecule has 0 aliphatic carbocycles. The molecule has 2 aromatic carbocycles. The van der Waals surface area contributed by atoms with Crippen molar-refractivity contribution < 1.29 is 17.9 Å². The molecule has 0 heterocycles. The predicted octanol–water partition coefficient (Wildman–Crippen LogP) is 4.46. The largest absolute Gasteiger partial charge is 0.492 e. The van der Waals surface area contributed by atoms with Crippen LogP contribution in [0.2, 0.25) is 0 Å². The van der Waals surface area contributed by atoms with Crippen molar-refractivity contribution in [2.24, 2.45) is 0 Å². The van der Waals surface area contributed by atoms with Crippen molar-refractivity contribution in [2.45, 2.75) is 11.1 Å². The van der Waals surface area contributed by atoms with Crippen molar-refractivity contribution in [1.82, 2.24) is 0 Å². The van der Waals surface area contributed by atoms with Gasteiger partial charge < -0.3 is 10.5 Å². The zero-order valence-electron chi connectivity index (χ0n) is 11.1. The van der Waals surface area contributed by atoms with Crippen molar-refractivity contribution in [1.29, 1.82) is 0 Å². The zero-order chi connectivity index (χ0) is 15.3. The Labute approximate surface area is 125 Å². The monoisotopic (exact) mass is 313 g/mol. The van der Waals surface area contributed by atoms with Crippen molar-refractivity contribution in [2.75, 3.05) is 18.1 Å². The van der Waals surface area contributed by atoms with E-state index < -0.39 is 11.7 Å². The second-order valence-electron chi connectivity index (χ2n) is 4.26. The SMILES string of the molecule is Nc1ccc(OCCSc2ccccc2)c(C(F)(F)F)c1. The molecule has 0 aromatic heterocycles. The fourth-order valence-corrected chi connectivity index (χ4v) is 2.47. The molecule has 0 amide bonds. The van der Waals surface area contributed by atoms with Crippen molar-refractivity contribution in [3.8, 4) is 5.75 Å². The molecular weight excluding hydrogens is 299 g/mol. The Hall–Kier alpha value is -1.82. The van der Waals surface area contributed by atoms with Gasteiger partial charge in [0.2, 0.25) is 0 Å². The molecule has 112 valence electrons. The lowest BCUT2D eigenvalue weighted by Crippen LogP contribution is -2.10. The number of anilines is 1. The Bertz CT molecular complexity index is 587. The van der Waals surface area contributed by atoms with Gasteiger partial charge in [-0.15, -0.1) is 11.8 Å². The molecule has 0 aliphatic rings. The highest BCUT2D eigenvalue weighted by Crippen LogP contribution is 2.37. The minimum absolute atomic E-state index is 0.0633. The number of alkyl halides is 3. The van der Waals surface area contributed by atoms with Gasteiger partial charge in [-0.2, -0.15) is 13.2 Å². The quantitative estimate of drug-likeness (QED) is 0.503. The van der Waals surface area contributed by atoms with Crippen LogP contribution < -0.4 is 10.5 Å². The topological polar surface area (TPSA) is 35.2 Å².